The van der Waals surface area contributed by atoms with Gasteiger partial charge in [-0.1, -0.05) is 19.8 Å². The van der Waals surface area contributed by atoms with Crippen molar-refractivity contribution in [2.75, 3.05) is 72.6 Å². The van der Waals surface area contributed by atoms with Crippen molar-refractivity contribution < 1.29 is 14.3 Å². The first-order valence-corrected chi connectivity index (χ1v) is 9.19. The summed E-state index contributed by atoms with van der Waals surface area (Å²) >= 11 is 0. The van der Waals surface area contributed by atoms with Crippen LogP contribution in [0.3, 0.4) is 0 Å². The van der Waals surface area contributed by atoms with Gasteiger partial charge in [-0.05, 0) is 13.5 Å². The Kier molecular flexibility index (Phi) is 7.78. The average Bonchev–Trinajstić information content (AvgIpc) is 2.61. The second kappa shape index (κ2) is 9.84. The molecule has 0 saturated carbocycles. The van der Waals surface area contributed by atoms with Crippen LogP contribution in [0.2, 0.25) is 0 Å². The minimum Gasteiger partial charge on any atom is -0.372 e. The van der Waals surface area contributed by atoms with Crippen molar-refractivity contribution >= 4 is 11.9 Å². The van der Waals surface area contributed by atoms with Gasteiger partial charge < -0.3 is 24.3 Å². The van der Waals surface area contributed by atoms with Gasteiger partial charge in [0.15, 0.2) is 0 Å². The molecule has 0 unspecified atom stereocenters. The van der Waals surface area contributed by atoms with E-state index >= 15 is 0 Å². The summed E-state index contributed by atoms with van der Waals surface area (Å²) in [6, 6.07) is 0.117. The fourth-order valence-corrected chi connectivity index (χ4v) is 3.05. The number of unbranched alkanes of at least 4 members (excludes halogenated alkanes) is 2. The Morgan fingerprint density at radius 1 is 0.833 bits per heavy atom. The number of nitrogens with zero attached hydrogens (tertiary/aromatic N) is 4. The average molecular weight is 340 g/mol. The second-order valence-corrected chi connectivity index (χ2v) is 6.70. The standard InChI is InChI=1S/C17H32N4O3/c1-3-4-5-14-24-15-16(22)19-10-12-21(13-11-19)17(23)20-8-6-18(2)7-9-20/h3-15H2,1-2H3. The van der Waals surface area contributed by atoms with E-state index in [2.05, 4.69) is 18.9 Å². The van der Waals surface area contributed by atoms with E-state index in [4.69, 9.17) is 4.74 Å². The third-order valence-corrected chi connectivity index (χ3v) is 4.79. The number of hydrogen-bond donors (Lipinski definition) is 0. The van der Waals surface area contributed by atoms with Gasteiger partial charge in [0.2, 0.25) is 5.91 Å². The summed E-state index contributed by atoms with van der Waals surface area (Å²) in [6.45, 7) is 8.86. The number of piperazine rings is 2. The van der Waals surface area contributed by atoms with E-state index in [0.717, 1.165) is 45.4 Å². The highest BCUT2D eigenvalue weighted by molar-refractivity contribution is 5.78. The minimum atomic E-state index is 0.0400. The molecule has 0 bridgehead atoms. The maximum absolute atomic E-state index is 12.5. The van der Waals surface area contributed by atoms with Crippen LogP contribution < -0.4 is 0 Å². The molecule has 0 aromatic heterocycles. The first-order chi connectivity index (χ1) is 11.6. The molecule has 0 N–H and O–H groups in total. The quantitative estimate of drug-likeness (QED) is 0.668. The Labute approximate surface area is 145 Å². The molecule has 0 atom stereocenters. The van der Waals surface area contributed by atoms with Crippen LogP contribution in [-0.2, 0) is 9.53 Å². The highest BCUT2D eigenvalue weighted by Gasteiger charge is 2.28. The highest BCUT2D eigenvalue weighted by atomic mass is 16.5. The summed E-state index contributed by atoms with van der Waals surface area (Å²) in [5.41, 5.74) is 0. The molecule has 7 heteroatoms. The molecule has 2 heterocycles. The van der Waals surface area contributed by atoms with Gasteiger partial charge in [-0.2, -0.15) is 0 Å². The van der Waals surface area contributed by atoms with E-state index in [1.807, 2.05) is 14.7 Å². The zero-order valence-electron chi connectivity index (χ0n) is 15.2. The van der Waals surface area contributed by atoms with Crippen molar-refractivity contribution in [3.63, 3.8) is 0 Å². The lowest BCUT2D eigenvalue weighted by atomic mass is 10.3. The van der Waals surface area contributed by atoms with E-state index in [1.165, 1.54) is 0 Å². The smallest absolute Gasteiger partial charge is 0.320 e. The van der Waals surface area contributed by atoms with E-state index < -0.39 is 0 Å². The van der Waals surface area contributed by atoms with E-state index in [1.54, 1.807) is 0 Å². The lowest BCUT2D eigenvalue weighted by Crippen LogP contribution is -2.57. The van der Waals surface area contributed by atoms with Gasteiger partial charge in [-0.25, -0.2) is 4.79 Å². The first kappa shape index (κ1) is 19.0. The van der Waals surface area contributed by atoms with Crippen LogP contribution in [0.15, 0.2) is 0 Å². The van der Waals surface area contributed by atoms with Crippen molar-refractivity contribution in [1.82, 2.24) is 19.6 Å². The number of likely N-dealkylation sites (N-methyl/N-ethyl adjacent to an activating group) is 1. The van der Waals surface area contributed by atoms with Crippen molar-refractivity contribution in [1.29, 1.82) is 0 Å². The van der Waals surface area contributed by atoms with E-state index in [0.29, 0.717) is 32.8 Å². The van der Waals surface area contributed by atoms with E-state index in [-0.39, 0.29) is 18.5 Å². The lowest BCUT2D eigenvalue weighted by molar-refractivity contribution is -0.137. The van der Waals surface area contributed by atoms with Gasteiger partial charge in [0.05, 0.1) is 0 Å². The van der Waals surface area contributed by atoms with Crippen LogP contribution in [0.4, 0.5) is 4.79 Å². The summed E-state index contributed by atoms with van der Waals surface area (Å²) in [4.78, 5) is 32.5. The van der Waals surface area contributed by atoms with Crippen LogP contribution in [-0.4, -0.2) is 104 Å². The van der Waals surface area contributed by atoms with Crippen molar-refractivity contribution in [2.24, 2.45) is 0 Å². The summed E-state index contributed by atoms with van der Waals surface area (Å²) < 4.78 is 5.45. The van der Waals surface area contributed by atoms with Crippen molar-refractivity contribution in [3.8, 4) is 0 Å². The molecule has 0 radical (unpaired) electrons. The maximum Gasteiger partial charge on any atom is 0.320 e. The Balaban J connectivity index is 1.65. The number of rotatable bonds is 6. The zero-order chi connectivity index (χ0) is 17.4. The van der Waals surface area contributed by atoms with Crippen LogP contribution in [0, 0.1) is 0 Å². The Bertz CT molecular complexity index is 403. The molecule has 7 nitrogen and oxygen atoms in total. The Hall–Kier alpha value is -1.34. The number of amides is 3. The highest BCUT2D eigenvalue weighted by Crippen LogP contribution is 2.09. The predicted octanol–water partition coefficient (Wildman–Crippen LogP) is 0.705. The zero-order valence-corrected chi connectivity index (χ0v) is 15.2. The monoisotopic (exact) mass is 340 g/mol. The minimum absolute atomic E-state index is 0.0400. The normalized spacial score (nSPS) is 19.7. The van der Waals surface area contributed by atoms with Gasteiger partial charge in [0.25, 0.3) is 0 Å². The largest absolute Gasteiger partial charge is 0.372 e. The Morgan fingerprint density at radius 2 is 1.38 bits per heavy atom. The molecule has 2 aliphatic heterocycles. The van der Waals surface area contributed by atoms with Crippen LogP contribution in [0.5, 0.6) is 0 Å². The molecule has 24 heavy (non-hydrogen) atoms. The molecule has 2 saturated heterocycles. The van der Waals surface area contributed by atoms with Gasteiger partial charge >= 0.3 is 6.03 Å². The molecule has 0 aromatic rings. The summed E-state index contributed by atoms with van der Waals surface area (Å²) in [5.74, 6) is 0.0400. The van der Waals surface area contributed by atoms with Crippen LogP contribution in [0.1, 0.15) is 26.2 Å². The third kappa shape index (κ3) is 5.63. The molecular formula is C17H32N4O3. The summed E-state index contributed by atoms with van der Waals surface area (Å²) in [6.07, 6.45) is 3.30. The van der Waals surface area contributed by atoms with Crippen LogP contribution >= 0.6 is 0 Å². The molecule has 0 aromatic carbocycles. The second-order valence-electron chi connectivity index (χ2n) is 6.70. The number of hydrogen-bond acceptors (Lipinski definition) is 4. The van der Waals surface area contributed by atoms with Gasteiger partial charge in [-0.3, -0.25) is 4.79 Å². The number of carbonyl (C=O) groups excluding carboxylic acids is 2. The Morgan fingerprint density at radius 3 is 1.96 bits per heavy atom. The SMILES string of the molecule is CCCCCOCC(=O)N1CCN(C(=O)N2CCN(C)CC2)CC1. The summed E-state index contributed by atoms with van der Waals surface area (Å²) in [7, 11) is 2.08. The topological polar surface area (TPSA) is 56.3 Å². The fourth-order valence-electron chi connectivity index (χ4n) is 3.05. The number of ether oxygens (including phenoxy) is 1. The van der Waals surface area contributed by atoms with E-state index in [9.17, 15) is 9.59 Å². The van der Waals surface area contributed by atoms with Crippen molar-refractivity contribution in [2.45, 2.75) is 26.2 Å². The number of urea groups is 1. The molecule has 2 rings (SSSR count). The fraction of sp³-hybridized carbons (Fsp3) is 0.882. The van der Waals surface area contributed by atoms with Crippen molar-refractivity contribution in [3.05, 3.63) is 0 Å². The molecule has 0 aliphatic carbocycles. The maximum atomic E-state index is 12.5. The predicted molar refractivity (Wildman–Crippen MR) is 93.0 cm³/mol. The lowest BCUT2D eigenvalue weighted by Gasteiger charge is -2.39. The molecule has 138 valence electrons. The van der Waals surface area contributed by atoms with Gasteiger partial charge in [-0.15, -0.1) is 0 Å². The molecule has 2 aliphatic rings. The molecule has 3 amide bonds. The number of carbonyl (C=O) groups is 2. The molecule has 2 fully saturated rings. The molecule has 0 spiro atoms. The third-order valence-electron chi connectivity index (χ3n) is 4.79. The van der Waals surface area contributed by atoms with Gasteiger partial charge in [0.1, 0.15) is 6.61 Å². The van der Waals surface area contributed by atoms with Gasteiger partial charge in [0, 0.05) is 59.0 Å². The van der Waals surface area contributed by atoms with Crippen LogP contribution in [0.25, 0.3) is 0 Å². The molecular weight excluding hydrogens is 308 g/mol. The first-order valence-electron chi connectivity index (χ1n) is 9.19. The summed E-state index contributed by atoms with van der Waals surface area (Å²) in [5, 5.41) is 0.